The van der Waals surface area contributed by atoms with Gasteiger partial charge in [-0.2, -0.15) is 18.2 Å². The van der Waals surface area contributed by atoms with Gasteiger partial charge in [0.25, 0.3) is 0 Å². The first kappa shape index (κ1) is 15.7. The fraction of sp³-hybridized carbons (Fsp3) is 0.0833. The Morgan fingerprint density at radius 2 is 1.90 bits per heavy atom. The summed E-state index contributed by atoms with van der Waals surface area (Å²) in [4.78, 5) is 3.77. The van der Waals surface area contributed by atoms with E-state index in [0.717, 1.165) is 12.1 Å². The van der Waals surface area contributed by atoms with E-state index in [0.29, 0.717) is 0 Å². The number of nitrogens with one attached hydrogen (secondary N) is 1. The van der Waals surface area contributed by atoms with Crippen molar-refractivity contribution in [2.45, 2.75) is 6.18 Å². The predicted octanol–water partition coefficient (Wildman–Crippen LogP) is 4.49. The van der Waals surface area contributed by atoms with Crippen LogP contribution < -0.4 is 16.0 Å². The van der Waals surface area contributed by atoms with Crippen molar-refractivity contribution in [2.24, 2.45) is 5.84 Å². The highest BCUT2D eigenvalue weighted by Crippen LogP contribution is 2.37. The summed E-state index contributed by atoms with van der Waals surface area (Å²) in [5, 5.41) is 0.277. The van der Waals surface area contributed by atoms with Gasteiger partial charge >= 0.3 is 6.18 Å². The van der Waals surface area contributed by atoms with Crippen molar-refractivity contribution >= 4 is 29.0 Å². The van der Waals surface area contributed by atoms with E-state index in [1.165, 1.54) is 12.1 Å². The zero-order valence-electron chi connectivity index (χ0n) is 10.2. The Morgan fingerprint density at radius 1 is 1.19 bits per heavy atom. The number of alkyl halides is 3. The zero-order valence-corrected chi connectivity index (χ0v) is 11.7. The van der Waals surface area contributed by atoms with Gasteiger partial charge in [-0.1, -0.05) is 29.3 Å². The molecule has 1 aromatic carbocycles. The molecule has 0 bridgehead atoms. The molecule has 2 rings (SSSR count). The second kappa shape index (κ2) is 5.97. The van der Waals surface area contributed by atoms with Crippen molar-refractivity contribution < 1.29 is 17.9 Å². The molecule has 9 heteroatoms. The summed E-state index contributed by atoms with van der Waals surface area (Å²) < 4.78 is 43.5. The number of hydrazine groups is 1. The fourth-order valence-electron chi connectivity index (χ4n) is 1.47. The fourth-order valence-corrected chi connectivity index (χ4v) is 1.80. The minimum Gasteiger partial charge on any atom is -0.437 e. The van der Waals surface area contributed by atoms with E-state index in [2.05, 4.69) is 4.98 Å². The van der Waals surface area contributed by atoms with Gasteiger partial charge in [0.2, 0.25) is 5.88 Å². The lowest BCUT2D eigenvalue weighted by molar-refractivity contribution is -0.137. The molecular formula is C12H8Cl2F3N3O. The van der Waals surface area contributed by atoms with Crippen LogP contribution in [-0.2, 0) is 6.18 Å². The van der Waals surface area contributed by atoms with Crippen molar-refractivity contribution in [3.05, 3.63) is 45.9 Å². The smallest absolute Gasteiger partial charge is 0.416 e. The Labute approximate surface area is 127 Å². The number of halogens is 5. The van der Waals surface area contributed by atoms with Crippen LogP contribution in [0.3, 0.4) is 0 Å². The topological polar surface area (TPSA) is 60.2 Å². The molecule has 0 fully saturated rings. The van der Waals surface area contributed by atoms with Gasteiger partial charge in [-0.3, -0.25) is 0 Å². The SMILES string of the molecule is NNc1cc(C(F)(F)F)cc(Oc2cccc(Cl)c2Cl)n1. The van der Waals surface area contributed by atoms with Gasteiger partial charge in [0.1, 0.15) is 16.6 Å². The first-order valence-corrected chi connectivity index (χ1v) is 6.24. The third-order valence-electron chi connectivity index (χ3n) is 2.41. The average Bonchev–Trinajstić information content (AvgIpc) is 2.42. The van der Waals surface area contributed by atoms with Crippen LogP contribution in [-0.4, -0.2) is 4.98 Å². The Hall–Kier alpha value is -1.70. The third-order valence-corrected chi connectivity index (χ3v) is 3.21. The molecule has 0 saturated carbocycles. The van der Waals surface area contributed by atoms with E-state index in [1.54, 1.807) is 6.07 Å². The second-order valence-corrected chi connectivity index (χ2v) is 4.66. The van der Waals surface area contributed by atoms with E-state index >= 15 is 0 Å². The van der Waals surface area contributed by atoms with E-state index in [4.69, 9.17) is 33.8 Å². The van der Waals surface area contributed by atoms with Crippen molar-refractivity contribution in [1.82, 2.24) is 4.98 Å². The number of aromatic nitrogens is 1. The Kier molecular flexibility index (Phi) is 4.46. The van der Waals surface area contributed by atoms with E-state index in [9.17, 15) is 13.2 Å². The minimum absolute atomic E-state index is 0.0700. The number of hydrogen-bond acceptors (Lipinski definition) is 4. The quantitative estimate of drug-likeness (QED) is 0.640. The van der Waals surface area contributed by atoms with Crippen LogP contribution in [0.5, 0.6) is 11.6 Å². The average molecular weight is 338 g/mol. The standard InChI is InChI=1S/C12H8Cl2F3N3O/c13-7-2-1-3-8(11(7)14)21-10-5-6(12(15,16)17)4-9(19-10)20-18/h1-5H,18H2,(H,19,20). The number of nitrogens with two attached hydrogens (primary N) is 1. The second-order valence-electron chi connectivity index (χ2n) is 3.88. The normalized spacial score (nSPS) is 11.3. The Balaban J connectivity index is 2.42. The van der Waals surface area contributed by atoms with Crippen LogP contribution >= 0.6 is 23.2 Å². The molecule has 112 valence electrons. The molecule has 21 heavy (non-hydrogen) atoms. The minimum atomic E-state index is -4.56. The summed E-state index contributed by atoms with van der Waals surface area (Å²) in [6.07, 6.45) is -4.56. The predicted molar refractivity (Wildman–Crippen MR) is 73.6 cm³/mol. The molecule has 0 aliphatic heterocycles. The van der Waals surface area contributed by atoms with Crippen molar-refractivity contribution in [1.29, 1.82) is 0 Å². The first-order chi connectivity index (χ1) is 9.81. The number of anilines is 1. The molecule has 3 N–H and O–H groups in total. The molecule has 1 aromatic heterocycles. The number of nitrogen functional groups attached to an aromatic ring is 1. The summed E-state index contributed by atoms with van der Waals surface area (Å²) in [6, 6.07) is 6.00. The van der Waals surface area contributed by atoms with Gasteiger partial charge in [-0.25, -0.2) is 5.84 Å². The van der Waals surface area contributed by atoms with E-state index < -0.39 is 11.7 Å². The number of benzene rings is 1. The number of rotatable bonds is 3. The van der Waals surface area contributed by atoms with Gasteiger partial charge in [-0.15, -0.1) is 0 Å². The maximum absolute atomic E-state index is 12.8. The number of hydrogen-bond donors (Lipinski definition) is 2. The third kappa shape index (κ3) is 3.69. The number of ether oxygens (including phenoxy) is 1. The molecule has 1 heterocycles. The molecule has 2 aromatic rings. The summed E-state index contributed by atoms with van der Waals surface area (Å²) in [6.45, 7) is 0. The molecule has 0 aliphatic carbocycles. The van der Waals surface area contributed by atoms with Crippen LogP contribution in [0.1, 0.15) is 5.56 Å². The van der Waals surface area contributed by atoms with Gasteiger partial charge in [0.05, 0.1) is 10.6 Å². The van der Waals surface area contributed by atoms with E-state index in [-0.39, 0.29) is 27.5 Å². The van der Waals surface area contributed by atoms with Crippen LogP contribution in [0.2, 0.25) is 10.0 Å². The summed E-state index contributed by atoms with van der Waals surface area (Å²) in [5.74, 6) is 4.66. The van der Waals surface area contributed by atoms with Crippen LogP contribution in [0.15, 0.2) is 30.3 Å². The van der Waals surface area contributed by atoms with Crippen LogP contribution in [0.25, 0.3) is 0 Å². The lowest BCUT2D eigenvalue weighted by Crippen LogP contribution is -2.12. The monoisotopic (exact) mass is 337 g/mol. The Morgan fingerprint density at radius 3 is 2.52 bits per heavy atom. The first-order valence-electron chi connectivity index (χ1n) is 5.49. The van der Waals surface area contributed by atoms with Gasteiger partial charge in [-0.05, 0) is 18.2 Å². The zero-order chi connectivity index (χ0) is 15.6. The number of nitrogens with zero attached hydrogens (tertiary/aromatic N) is 1. The summed E-state index contributed by atoms with van der Waals surface area (Å²) >= 11 is 11.7. The lowest BCUT2D eigenvalue weighted by atomic mass is 10.2. The van der Waals surface area contributed by atoms with Crippen molar-refractivity contribution in [2.75, 3.05) is 5.43 Å². The van der Waals surface area contributed by atoms with Crippen LogP contribution in [0.4, 0.5) is 19.0 Å². The van der Waals surface area contributed by atoms with Crippen LogP contribution in [0, 0.1) is 0 Å². The van der Waals surface area contributed by atoms with E-state index in [1.807, 2.05) is 5.43 Å². The molecule has 0 radical (unpaired) electrons. The highest BCUT2D eigenvalue weighted by atomic mass is 35.5. The molecule has 0 atom stereocenters. The molecule has 0 aliphatic rings. The number of pyridine rings is 1. The largest absolute Gasteiger partial charge is 0.437 e. The molecule has 0 unspecified atom stereocenters. The van der Waals surface area contributed by atoms with Gasteiger partial charge in [0.15, 0.2) is 0 Å². The summed E-state index contributed by atoms with van der Waals surface area (Å²) in [7, 11) is 0. The summed E-state index contributed by atoms with van der Waals surface area (Å²) in [5.41, 5.74) is 1.08. The Bertz CT molecular complexity index is 665. The highest BCUT2D eigenvalue weighted by molar-refractivity contribution is 6.42. The molecule has 0 saturated heterocycles. The lowest BCUT2D eigenvalue weighted by Gasteiger charge is -2.12. The maximum atomic E-state index is 12.8. The molecule has 4 nitrogen and oxygen atoms in total. The maximum Gasteiger partial charge on any atom is 0.416 e. The molecule has 0 amide bonds. The van der Waals surface area contributed by atoms with Crippen molar-refractivity contribution in [3.63, 3.8) is 0 Å². The highest BCUT2D eigenvalue weighted by Gasteiger charge is 2.32. The molecule has 0 spiro atoms. The molecular weight excluding hydrogens is 330 g/mol. The van der Waals surface area contributed by atoms with Crippen molar-refractivity contribution in [3.8, 4) is 11.6 Å². The van der Waals surface area contributed by atoms with Gasteiger partial charge < -0.3 is 10.2 Å². The van der Waals surface area contributed by atoms with Gasteiger partial charge in [0, 0.05) is 6.07 Å².